The van der Waals surface area contributed by atoms with E-state index in [0.717, 1.165) is 191 Å². The van der Waals surface area contributed by atoms with E-state index in [1.165, 1.54) is 30.9 Å². The number of carboxylic acids is 3. The van der Waals surface area contributed by atoms with Crippen molar-refractivity contribution in [2.75, 3.05) is 14.2 Å². The smallest absolute Gasteiger partial charge is 0.507 e. The van der Waals surface area contributed by atoms with Gasteiger partial charge >= 0.3 is 31.7 Å². The minimum atomic E-state index is -3.98. The maximum Gasteiger partial charge on any atom is 0.531 e. The number of phosphoric acid groups is 1. The molecule has 21 nitrogen and oxygen atoms in total. The molecule has 6 aromatic carbocycles. The highest BCUT2D eigenvalue weighted by Crippen LogP contribution is 2.81. The van der Waals surface area contributed by atoms with Gasteiger partial charge in [-0.3, -0.25) is 23.4 Å². The predicted molar refractivity (Wildman–Crippen MR) is 527 cm³/mol. The fraction of sp³-hybridized carbons (Fsp3) is 0.544. The second-order valence-electron chi connectivity index (χ2n) is 48.2. The molecule has 21 rings (SSSR count). The molecule has 0 amide bonds. The van der Waals surface area contributed by atoms with Crippen molar-refractivity contribution in [2.45, 2.75) is 293 Å². The summed E-state index contributed by atoms with van der Waals surface area (Å²) in [7, 11) is -1.52. The molecule has 9 aromatic rings. The average molecular weight is 1870 g/mol. The van der Waals surface area contributed by atoms with Crippen molar-refractivity contribution < 1.29 is 88.4 Å². The van der Waals surface area contributed by atoms with Gasteiger partial charge in [-0.15, -0.1) is 0 Å². The molecule has 0 radical (unpaired) electrons. The van der Waals surface area contributed by atoms with E-state index in [1.54, 1.807) is 30.3 Å². The zero-order chi connectivity index (χ0) is 98.0. The zero-order valence-corrected chi connectivity index (χ0v) is 83.9. The lowest BCUT2D eigenvalue weighted by Gasteiger charge is -2.70. The van der Waals surface area contributed by atoms with Crippen LogP contribution in [0.3, 0.4) is 0 Å². The summed E-state index contributed by atoms with van der Waals surface area (Å²) in [5.74, 6) is -3.09. The van der Waals surface area contributed by atoms with Crippen LogP contribution in [0.4, 0.5) is 0 Å². The summed E-state index contributed by atoms with van der Waals surface area (Å²) >= 11 is 0. The molecular weight excluding hydrogens is 1730 g/mol. The number of aromatic nitrogens is 3. The van der Waals surface area contributed by atoms with Gasteiger partial charge in [0.1, 0.15) is 5.75 Å². The van der Waals surface area contributed by atoms with Crippen LogP contribution in [0.15, 0.2) is 132 Å². The van der Waals surface area contributed by atoms with Crippen LogP contribution in [-0.4, -0.2) is 104 Å². The van der Waals surface area contributed by atoms with Crippen molar-refractivity contribution in [2.24, 2.45) is 82.7 Å². The molecule has 0 saturated heterocycles. The predicted octanol–water partition coefficient (Wildman–Crippen LogP) is 26.4. The van der Waals surface area contributed by atoms with E-state index in [2.05, 4.69) is 141 Å². The molecule has 3 unspecified atom stereocenters. The standard InChI is InChI=1S/C39H50NO7P.C38H45NO6.C37H45NO5/c1-23-32-25(26-22-40-28-12-10-9-11-24(26)28)19-30-37(4,27(32)20-29(41)33(23)42)16-18-39(6)31-21-36(3,34(43)47-48(44,45-7)46-8)14-13-35(31,2)15-17-38(30,39)5;1-20-30-23(24-19-39-26-15-21(32(42)43)7-8-22(24)26)16-28-36(4,25(30)17-27(40)31(20)41)12-14-38(6)29-18-35(3,33(44)45)10-9-34(29,2)11-13-37(28,38)5;1-20-29-21(22-19-38-24-8-7-9-25(39)30(22)24)16-27-35(4,23(29)17-26(40)31(20)41)13-15-37(6)28-18-34(3,32(42)43)11-10-33(28,2)12-14-36(27,37)5/h9-12,19-20,22,25,31,40-42H,13-18,21H2,1-8H3;7-8,15-17,19,23,29,39-41H,9-14,18H2,1-6H3,(H,42,43)(H,44,45);7-9,16-17,19,21,28,38-41H,10-15,18H2,1-6H3,(H,42,43)/t25?,31-,35-,36-,37+,38-,39+;23?,29-,34-,35-,36+,37-,38+;21?,28-,33-,34-,35+,36-,37+/m111/s1. The number of phenolic OH excluding ortho intramolecular Hbond substituents is 7. The van der Waals surface area contributed by atoms with Crippen molar-refractivity contribution in [1.82, 2.24) is 15.0 Å². The van der Waals surface area contributed by atoms with Crippen molar-refractivity contribution in [3.8, 4) is 40.2 Å². The number of H-pyrrole nitrogens is 3. The topological polar surface area (TPSA) is 363 Å². The van der Waals surface area contributed by atoms with Crippen LogP contribution >= 0.6 is 7.82 Å². The Hall–Kier alpha value is -10.2. The third kappa shape index (κ3) is 13.0. The number of aromatic hydroxyl groups is 7. The van der Waals surface area contributed by atoms with Crippen LogP contribution in [-0.2, 0) is 48.8 Å². The van der Waals surface area contributed by atoms with Gasteiger partial charge in [-0.25, -0.2) is 9.36 Å². The van der Waals surface area contributed by atoms with Crippen LogP contribution in [0, 0.1) is 104 Å². The van der Waals surface area contributed by atoms with E-state index in [4.69, 9.17) is 13.6 Å². The minimum absolute atomic E-state index is 0.0397. The monoisotopic (exact) mass is 1870 g/mol. The van der Waals surface area contributed by atoms with Crippen molar-refractivity contribution >= 4 is 64.4 Å². The average Bonchev–Trinajstić information content (AvgIpc) is 0.741. The molecule has 3 heterocycles. The number of hydrogen-bond acceptors (Lipinski definition) is 15. The van der Waals surface area contributed by atoms with Crippen LogP contribution in [0.1, 0.15) is 334 Å². The summed E-state index contributed by atoms with van der Waals surface area (Å²) in [6.45, 7) is 40.2. The number of aromatic carboxylic acids is 1. The summed E-state index contributed by atoms with van der Waals surface area (Å²) in [6.07, 6.45) is 31.8. The molecule has 9 fully saturated rings. The number of hydrogen-bond donors (Lipinski definition) is 13. The molecule has 22 heteroatoms. The maximum atomic E-state index is 13.8. The van der Waals surface area contributed by atoms with Gasteiger partial charge in [0, 0.05) is 99.5 Å². The molecule has 3 aromatic heterocycles. The van der Waals surface area contributed by atoms with Crippen LogP contribution in [0.5, 0.6) is 40.2 Å². The molecule has 0 aliphatic heterocycles. The Balaban J connectivity index is 0.000000131. The molecule has 21 atom stereocenters. The Morgan fingerprint density at radius 3 is 1.12 bits per heavy atom. The number of fused-ring (bicyclic) bond motifs is 24. The number of aromatic amines is 3. The number of nitrogens with one attached hydrogen (secondary N) is 3. The molecule has 0 bridgehead atoms. The third-order valence-electron chi connectivity index (χ3n) is 41.8. The highest BCUT2D eigenvalue weighted by Gasteiger charge is 2.72. The number of benzene rings is 6. The summed E-state index contributed by atoms with van der Waals surface area (Å²) in [6, 6.07) is 24.4. The quantitative estimate of drug-likeness (QED) is 0.0344. The zero-order valence-electron chi connectivity index (χ0n) is 83.0. The third-order valence-corrected chi connectivity index (χ3v) is 43.1. The lowest BCUT2D eigenvalue weighted by Crippen LogP contribution is -2.62. The first-order chi connectivity index (χ1) is 63.6. The second kappa shape index (κ2) is 30.9. The Kier molecular flexibility index (Phi) is 21.5. The Labute approximate surface area is 798 Å². The maximum absolute atomic E-state index is 13.8. The summed E-state index contributed by atoms with van der Waals surface area (Å²) in [4.78, 5) is 60.7. The molecular formula is C114H140N3O18P. The van der Waals surface area contributed by atoms with Crippen molar-refractivity contribution in [3.63, 3.8) is 0 Å². The fourth-order valence-corrected chi connectivity index (χ4v) is 32.9. The number of para-hydroxylation sites is 1. The Morgan fingerprint density at radius 2 is 0.721 bits per heavy atom. The van der Waals surface area contributed by atoms with Gasteiger partial charge in [0.25, 0.3) is 0 Å². The normalized spacial score (nSPS) is 37.1. The van der Waals surface area contributed by atoms with Crippen molar-refractivity contribution in [1.29, 1.82) is 0 Å². The van der Waals surface area contributed by atoms with E-state index in [9.17, 15) is 74.8 Å². The molecule has 12 aliphatic carbocycles. The summed E-state index contributed by atoms with van der Waals surface area (Å²) in [5.41, 5.74) is 14.1. The number of aliphatic carboxylic acids is 2. The fourth-order valence-electron chi connectivity index (χ4n) is 32.2. The number of phenols is 7. The highest BCUT2D eigenvalue weighted by molar-refractivity contribution is 7.49. The number of phosphoric ester groups is 1. The lowest BCUT2D eigenvalue weighted by molar-refractivity contribution is -0.177. The Morgan fingerprint density at radius 1 is 0.375 bits per heavy atom. The van der Waals surface area contributed by atoms with Gasteiger partial charge < -0.3 is 70.5 Å². The van der Waals surface area contributed by atoms with E-state index in [1.807, 2.05) is 84.3 Å². The summed E-state index contributed by atoms with van der Waals surface area (Å²) in [5, 5.41) is 110. The van der Waals surface area contributed by atoms with Gasteiger partial charge in [0.2, 0.25) is 0 Å². The van der Waals surface area contributed by atoms with Gasteiger partial charge in [-0.05, 0) is 358 Å². The van der Waals surface area contributed by atoms with Gasteiger partial charge in [0.05, 0.1) is 21.8 Å². The number of rotatable bonds is 10. The number of carbonyl (C=O) groups is 4. The van der Waals surface area contributed by atoms with Crippen LogP contribution in [0.2, 0.25) is 0 Å². The lowest BCUT2D eigenvalue weighted by atomic mass is 9.34. The first-order valence-corrected chi connectivity index (χ1v) is 51.0. The van der Waals surface area contributed by atoms with E-state index < -0.39 is 47.9 Å². The molecule has 12 aliphatic rings. The van der Waals surface area contributed by atoms with Gasteiger partial charge in [-0.2, -0.15) is 0 Å². The van der Waals surface area contributed by atoms with Crippen LogP contribution in [0.25, 0.3) is 32.7 Å². The number of carboxylic acid groups (broad SMARTS) is 3. The molecule has 13 N–H and O–H groups in total. The molecule has 9 saturated carbocycles. The number of carbonyl (C=O) groups excluding carboxylic acids is 1. The molecule has 0 spiro atoms. The van der Waals surface area contributed by atoms with Gasteiger partial charge in [-0.1, -0.05) is 148 Å². The summed E-state index contributed by atoms with van der Waals surface area (Å²) < 4.78 is 28.3. The second-order valence-corrected chi connectivity index (χ2v) is 50.0. The van der Waals surface area contributed by atoms with Crippen molar-refractivity contribution in [3.05, 3.63) is 205 Å². The SMILES string of the molecule is COP(=O)(OC)OC(=O)[C@]1(C)CC[C@]2(C)CC[C@]3(C)C4=CC(c5c[nH]c6ccccc56)c5c(cc(O)c(O)c5C)[C@]4(C)CC[C@@]3(C)[C@@H]2C1.Cc1c(O)c(O)cc2c1C(c1c[nH]c3cc(C(=O)O)ccc13)C=C1[C@@]2(C)CC[C@@]2(C)[C@@H]3C[C@](C)(C(=O)O)CC[C@]3(C)CC[C@]12C.Cc1c(O)c(O)cc2c1C(c1c[nH]c3cccc(O)c13)C=C1[C@@]2(C)CC[C@@]2(C)[C@@H]3C[C@](C)(C(=O)O)CC[C@]3(C)CC[C@]12C. The molecule has 724 valence electrons. The van der Waals surface area contributed by atoms with E-state index >= 15 is 0 Å². The van der Waals surface area contributed by atoms with Crippen LogP contribution < -0.4 is 0 Å². The first-order valence-electron chi connectivity index (χ1n) is 49.6. The van der Waals surface area contributed by atoms with E-state index in [-0.39, 0.29) is 146 Å². The molecule has 136 heavy (non-hydrogen) atoms. The highest BCUT2D eigenvalue weighted by atomic mass is 31.2. The van der Waals surface area contributed by atoms with Gasteiger partial charge in [0.15, 0.2) is 34.5 Å². The minimum Gasteiger partial charge on any atom is -0.507 e. The van der Waals surface area contributed by atoms with E-state index in [0.29, 0.717) is 43.2 Å². The number of allylic oxidation sites excluding steroid dienone is 6. The largest absolute Gasteiger partial charge is 0.531 e. The Bertz CT molecular complexity index is 6740. The first kappa shape index (κ1) is 94.7.